The lowest BCUT2D eigenvalue weighted by Gasteiger charge is -2.21. The van der Waals surface area contributed by atoms with E-state index in [1.807, 2.05) is 78.9 Å². The highest BCUT2D eigenvalue weighted by molar-refractivity contribution is 5.97. The zero-order chi connectivity index (χ0) is 59.5. The minimum atomic E-state index is -1.33. The van der Waals surface area contributed by atoms with Gasteiger partial charge in [0.1, 0.15) is 79.4 Å². The standard InChI is InChI=1S/C30H27FN6O7.C30H28N6O7/c31-19-8-4-7-18(29(38)39)23(19)41-13-20-24-25(44-21(43-24)12-9-16-5-2-1-3-6-16)28(42-20)37-15-34-22-26(32-14-33-27(22)37)36-30(40)35-17-10-11-17;37-29(38)19-8-4-5-9-20(19)40-14-21-24-25(43-22(42-24)13-10-17-6-2-1-3-7-17)28(41-21)36-16-33-23-26(31-15-32-27(23)36)35-30(39)34-18-11-12-18/h1-9,12,14-15,17,20-21,24-25,28H,10-11,13H2,(H,38,39)(H2,32,33,35,36,40);1-10,13,15-16,18,21-22,24-25,28H,11-12,14H2,(H,37,38)(H2,31,32,34,35,39)/b12-9+;13-10+/t20?,21-,24?,25?,28?;21?,22-,24?,25?,28?/m00/s1. The Balaban J connectivity index is 0.000000161. The zero-order valence-corrected chi connectivity index (χ0v) is 45.9. The third-order valence-electron chi connectivity index (χ3n) is 14.9. The van der Waals surface area contributed by atoms with Gasteiger partial charge in [-0.1, -0.05) is 91.0 Å². The summed E-state index contributed by atoms with van der Waals surface area (Å²) in [4.78, 5) is 74.3. The predicted octanol–water partition coefficient (Wildman–Crippen LogP) is 7.36. The van der Waals surface area contributed by atoms with Gasteiger partial charge < -0.3 is 58.7 Å². The number of anilines is 2. The average Bonchev–Trinajstić information content (AvgIpc) is 1.84. The fraction of sp³-hybridized carbons (Fsp3) is 0.300. The van der Waals surface area contributed by atoms with Crippen molar-refractivity contribution < 1.29 is 71.7 Å². The van der Waals surface area contributed by atoms with Crippen molar-refractivity contribution in [2.75, 3.05) is 23.8 Å². The second kappa shape index (κ2) is 24.7. The molecule has 2 aliphatic carbocycles. The van der Waals surface area contributed by atoms with Crippen molar-refractivity contribution in [2.24, 2.45) is 0 Å². The molecule has 2 saturated carbocycles. The topological polar surface area (TPSA) is 318 Å². The van der Waals surface area contributed by atoms with Gasteiger partial charge in [-0.2, -0.15) is 0 Å². The Labute approximate surface area is 493 Å². The van der Waals surface area contributed by atoms with Crippen LogP contribution in [0.2, 0.25) is 0 Å². The lowest BCUT2D eigenvalue weighted by molar-refractivity contribution is -0.131. The third kappa shape index (κ3) is 12.5. The van der Waals surface area contributed by atoms with Crippen LogP contribution in [0.25, 0.3) is 34.5 Å². The van der Waals surface area contributed by atoms with Crippen molar-refractivity contribution >= 4 is 70.1 Å². The lowest BCUT2D eigenvalue weighted by Crippen LogP contribution is -2.33. The second-order valence-electron chi connectivity index (χ2n) is 21.0. The maximum absolute atomic E-state index is 14.6. The Morgan fingerprint density at radius 1 is 0.540 bits per heavy atom. The summed E-state index contributed by atoms with van der Waals surface area (Å²) in [6.07, 6.45) is 10.1. The number of ether oxygens (including phenoxy) is 8. The highest BCUT2D eigenvalue weighted by Gasteiger charge is 2.55. The van der Waals surface area contributed by atoms with E-state index < -0.39 is 85.2 Å². The monoisotopic (exact) mass is 1190 g/mol. The van der Waals surface area contributed by atoms with E-state index in [9.17, 15) is 33.8 Å². The molecule has 6 fully saturated rings. The van der Waals surface area contributed by atoms with Gasteiger partial charge in [0.15, 0.2) is 70.6 Å². The summed E-state index contributed by atoms with van der Waals surface area (Å²) in [7, 11) is 0. The molecule has 446 valence electrons. The largest absolute Gasteiger partial charge is 0.490 e. The number of nitrogens with one attached hydrogen (secondary N) is 4. The minimum absolute atomic E-state index is 0.0101. The number of para-hydroxylation sites is 2. The van der Waals surface area contributed by atoms with Gasteiger partial charge in [-0.3, -0.25) is 19.8 Å². The van der Waals surface area contributed by atoms with Crippen LogP contribution in [0.15, 0.2) is 141 Å². The number of hydrogen-bond donors (Lipinski definition) is 6. The molecular weight excluding hydrogens is 1130 g/mol. The van der Waals surface area contributed by atoms with Crippen molar-refractivity contribution in [1.29, 1.82) is 0 Å². The molecule has 26 nitrogen and oxygen atoms in total. The Kier molecular flexibility index (Phi) is 16.0. The number of aromatic carboxylic acids is 2. The first kappa shape index (κ1) is 56.4. The molecular formula is C60H55FN12O14. The molecule has 0 bridgehead atoms. The Bertz CT molecular complexity index is 3900. The van der Waals surface area contributed by atoms with Crippen molar-refractivity contribution in [3.05, 3.63) is 169 Å². The third-order valence-corrected chi connectivity index (χ3v) is 14.9. The fourth-order valence-electron chi connectivity index (χ4n) is 10.4. The van der Waals surface area contributed by atoms with E-state index in [4.69, 9.17) is 37.9 Å². The number of halogens is 1. The lowest BCUT2D eigenvalue weighted by atomic mass is 10.1. The molecule has 8 unspecified atom stereocenters. The smallest absolute Gasteiger partial charge is 0.339 e. The SMILES string of the molecule is O=C(Nc1ncnc2c1ncn2C1OC(COc2c(F)cccc2C(=O)O)C2O[C@H](/C=C/c3ccccc3)OC21)NC1CC1.O=C(Nc1ncnc2c1ncn2C1OC(COc2ccccc2C(=O)O)C2O[C@H](/C=C/c3ccccc3)OC21)NC1CC1. The van der Waals surface area contributed by atoms with Crippen LogP contribution in [0.3, 0.4) is 0 Å². The van der Waals surface area contributed by atoms with E-state index in [-0.39, 0.29) is 65.9 Å². The first-order valence-electron chi connectivity index (χ1n) is 28.0. The van der Waals surface area contributed by atoms with Crippen LogP contribution in [0.4, 0.5) is 25.6 Å². The van der Waals surface area contributed by atoms with Crippen LogP contribution < -0.4 is 30.7 Å². The first-order valence-corrected chi connectivity index (χ1v) is 28.0. The molecule has 4 amide bonds. The van der Waals surface area contributed by atoms with Gasteiger partial charge in [-0.15, -0.1) is 0 Å². The highest BCUT2D eigenvalue weighted by Crippen LogP contribution is 2.43. The van der Waals surface area contributed by atoms with Crippen LogP contribution in [0, 0.1) is 5.82 Å². The van der Waals surface area contributed by atoms with Gasteiger partial charge in [0.2, 0.25) is 0 Å². The summed E-state index contributed by atoms with van der Waals surface area (Å²) in [6, 6.07) is 29.1. The van der Waals surface area contributed by atoms with E-state index in [1.165, 1.54) is 37.2 Å². The number of aromatic nitrogens is 8. The number of urea groups is 2. The number of nitrogens with zero attached hydrogens (tertiary/aromatic N) is 8. The number of fused-ring (bicyclic) bond motifs is 4. The molecule has 0 spiro atoms. The number of amides is 4. The number of carboxylic acids is 2. The van der Waals surface area contributed by atoms with Gasteiger partial charge in [0.25, 0.3) is 0 Å². The Morgan fingerprint density at radius 2 is 1.00 bits per heavy atom. The minimum Gasteiger partial charge on any atom is -0.490 e. The number of imidazole rings is 2. The quantitative estimate of drug-likeness (QED) is 0.0489. The van der Waals surface area contributed by atoms with Crippen LogP contribution in [-0.2, 0) is 28.4 Å². The van der Waals surface area contributed by atoms with Crippen molar-refractivity contribution in [3.8, 4) is 11.5 Å². The summed E-state index contributed by atoms with van der Waals surface area (Å²) in [5, 5.41) is 30.3. The number of carbonyl (C=O) groups is 4. The number of benzene rings is 4. The molecule has 6 aliphatic rings. The number of carbonyl (C=O) groups excluding carboxylic acids is 2. The molecule has 4 saturated heterocycles. The molecule has 14 rings (SSSR count). The van der Waals surface area contributed by atoms with Crippen LogP contribution in [0.5, 0.6) is 11.5 Å². The van der Waals surface area contributed by atoms with E-state index in [0.717, 1.165) is 42.9 Å². The summed E-state index contributed by atoms with van der Waals surface area (Å²) in [6.45, 7) is -0.219. The van der Waals surface area contributed by atoms with Crippen LogP contribution >= 0.6 is 0 Å². The number of hydrogen-bond acceptors (Lipinski definition) is 18. The van der Waals surface area contributed by atoms with E-state index in [2.05, 4.69) is 51.2 Å². The highest BCUT2D eigenvalue weighted by atomic mass is 19.1. The van der Waals surface area contributed by atoms with E-state index in [0.29, 0.717) is 22.3 Å². The Hall–Kier alpha value is -9.77. The molecule has 8 heterocycles. The summed E-state index contributed by atoms with van der Waals surface area (Å²) in [5.74, 6) is -2.91. The van der Waals surface area contributed by atoms with Gasteiger partial charge in [0, 0.05) is 12.1 Å². The number of carboxylic acid groups (broad SMARTS) is 2. The first-order chi connectivity index (χ1) is 42.5. The normalized spacial score (nSPS) is 24.6. The molecule has 4 aromatic heterocycles. The summed E-state index contributed by atoms with van der Waals surface area (Å²) in [5.41, 5.74) is 3.22. The van der Waals surface area contributed by atoms with Crippen molar-refractivity contribution in [3.63, 3.8) is 0 Å². The van der Waals surface area contributed by atoms with E-state index in [1.54, 1.807) is 39.7 Å². The molecule has 87 heavy (non-hydrogen) atoms. The fourth-order valence-corrected chi connectivity index (χ4v) is 10.4. The maximum Gasteiger partial charge on any atom is 0.339 e. The molecule has 10 atom stereocenters. The Morgan fingerprint density at radius 3 is 1.49 bits per heavy atom. The molecule has 27 heteroatoms. The van der Waals surface area contributed by atoms with Gasteiger partial charge in [-0.05, 0) is 73.2 Å². The van der Waals surface area contributed by atoms with Crippen molar-refractivity contribution in [2.45, 2.75) is 99.4 Å². The van der Waals surface area contributed by atoms with Crippen molar-refractivity contribution in [1.82, 2.24) is 49.7 Å². The zero-order valence-electron chi connectivity index (χ0n) is 45.9. The maximum atomic E-state index is 14.6. The molecule has 4 aromatic carbocycles. The summed E-state index contributed by atoms with van der Waals surface area (Å²) >= 11 is 0. The second-order valence-corrected chi connectivity index (χ2v) is 21.0. The summed E-state index contributed by atoms with van der Waals surface area (Å²) < 4.78 is 67.5. The van der Waals surface area contributed by atoms with Gasteiger partial charge in [-0.25, -0.2) is 53.5 Å². The molecule has 4 aliphatic heterocycles. The number of rotatable bonds is 18. The van der Waals surface area contributed by atoms with E-state index >= 15 is 0 Å². The molecule has 8 aromatic rings. The molecule has 0 radical (unpaired) electrons. The van der Waals surface area contributed by atoms with Gasteiger partial charge >= 0.3 is 24.0 Å². The van der Waals surface area contributed by atoms with Crippen LogP contribution in [-0.4, -0.2) is 148 Å². The average molecular weight is 1190 g/mol. The van der Waals surface area contributed by atoms with Gasteiger partial charge in [0.05, 0.1) is 12.7 Å². The molecule has 6 N–H and O–H groups in total. The van der Waals surface area contributed by atoms with Crippen LogP contribution in [0.1, 0.15) is 70.0 Å². The predicted molar refractivity (Wildman–Crippen MR) is 305 cm³/mol.